The molecule has 4 rings (SSSR count). The molecular weight excluding hydrogens is 424 g/mol. The molecule has 1 fully saturated rings. The lowest BCUT2D eigenvalue weighted by molar-refractivity contribution is 0.0696. The summed E-state index contributed by atoms with van der Waals surface area (Å²) >= 11 is 0. The fraction of sp³-hybridized carbons (Fsp3) is 0.391. The van der Waals surface area contributed by atoms with Gasteiger partial charge in [0.2, 0.25) is 5.95 Å². The predicted octanol–water partition coefficient (Wildman–Crippen LogP) is 1.67. The Bertz CT molecular complexity index is 1330. The van der Waals surface area contributed by atoms with Crippen LogP contribution in [0.15, 0.2) is 16.9 Å². The number of imidazole rings is 1. The van der Waals surface area contributed by atoms with Crippen LogP contribution in [-0.2, 0) is 13.6 Å². The summed E-state index contributed by atoms with van der Waals surface area (Å²) in [6.45, 7) is 8.78. The van der Waals surface area contributed by atoms with Gasteiger partial charge in [-0.1, -0.05) is 5.92 Å². The number of nitrogens with zero attached hydrogens (tertiary/aromatic N) is 5. The van der Waals surface area contributed by atoms with E-state index in [1.165, 1.54) is 16.7 Å². The number of hydrogen-bond donors (Lipinski definition) is 2. The van der Waals surface area contributed by atoms with E-state index in [0.717, 1.165) is 26.2 Å². The second-order valence-corrected chi connectivity index (χ2v) is 7.94. The van der Waals surface area contributed by atoms with Gasteiger partial charge in [0.15, 0.2) is 11.2 Å². The first kappa shape index (κ1) is 22.4. The van der Waals surface area contributed by atoms with E-state index in [-0.39, 0.29) is 22.8 Å². The molecule has 33 heavy (non-hydrogen) atoms. The molecule has 2 aromatic heterocycles. The number of carboxylic acid groups (broad SMARTS) is 1. The SMILES string of the molecule is CC#CCn1c(N2CCNCC2)nc2nc(Oc3c(C)cc(C(=O)O)cc3C)n(C)c(=O)c21. The van der Waals surface area contributed by atoms with E-state index < -0.39 is 5.97 Å². The molecule has 0 bridgehead atoms. The highest BCUT2D eigenvalue weighted by molar-refractivity contribution is 5.88. The minimum atomic E-state index is -1.01. The summed E-state index contributed by atoms with van der Waals surface area (Å²) < 4.78 is 9.18. The summed E-state index contributed by atoms with van der Waals surface area (Å²) in [6, 6.07) is 3.14. The molecule has 10 nitrogen and oxygen atoms in total. The molecular formula is C23H26N6O4. The van der Waals surface area contributed by atoms with E-state index in [1.54, 1.807) is 27.8 Å². The Morgan fingerprint density at radius 3 is 2.48 bits per heavy atom. The summed E-state index contributed by atoms with van der Waals surface area (Å²) in [5.74, 6) is 6.01. The van der Waals surface area contributed by atoms with Gasteiger partial charge in [-0.05, 0) is 44.0 Å². The number of ether oxygens (including phenoxy) is 1. The number of carbonyl (C=O) groups is 1. The van der Waals surface area contributed by atoms with Gasteiger partial charge < -0.3 is 20.1 Å². The Balaban J connectivity index is 1.83. The third-order valence-corrected chi connectivity index (χ3v) is 5.64. The summed E-state index contributed by atoms with van der Waals surface area (Å²) in [5, 5.41) is 12.6. The van der Waals surface area contributed by atoms with Crippen molar-refractivity contribution >= 4 is 23.1 Å². The van der Waals surface area contributed by atoms with Crippen LogP contribution in [0.4, 0.5) is 5.95 Å². The number of anilines is 1. The van der Waals surface area contributed by atoms with Crippen LogP contribution in [0, 0.1) is 25.7 Å². The molecule has 2 N–H and O–H groups in total. The molecule has 1 saturated heterocycles. The van der Waals surface area contributed by atoms with Gasteiger partial charge in [-0.25, -0.2) is 4.79 Å². The van der Waals surface area contributed by atoms with Crippen molar-refractivity contribution in [3.8, 4) is 23.6 Å². The van der Waals surface area contributed by atoms with Crippen molar-refractivity contribution < 1.29 is 14.6 Å². The molecule has 0 atom stereocenters. The standard InChI is InChI=1S/C23H26N6O4/c1-5-6-9-29-17-19(25-22(29)28-10-7-24-8-11-28)26-23(27(4)20(17)30)33-18-14(2)12-16(21(31)32)13-15(18)3/h12-13,24H,7-11H2,1-4H3,(H,31,32). The van der Waals surface area contributed by atoms with Crippen molar-refractivity contribution in [2.24, 2.45) is 7.05 Å². The zero-order chi connectivity index (χ0) is 23.7. The van der Waals surface area contributed by atoms with Crippen molar-refractivity contribution in [3.05, 3.63) is 39.2 Å². The number of piperazine rings is 1. The molecule has 0 unspecified atom stereocenters. The van der Waals surface area contributed by atoms with Crippen molar-refractivity contribution in [1.29, 1.82) is 0 Å². The topological polar surface area (TPSA) is 115 Å². The molecule has 0 spiro atoms. The average Bonchev–Trinajstić information content (AvgIpc) is 3.16. The minimum absolute atomic E-state index is 0.0832. The first-order valence-electron chi connectivity index (χ1n) is 10.7. The number of aryl methyl sites for hydroxylation is 2. The molecule has 0 amide bonds. The van der Waals surface area contributed by atoms with Crippen LogP contribution in [0.2, 0.25) is 0 Å². The van der Waals surface area contributed by atoms with Crippen molar-refractivity contribution in [3.63, 3.8) is 0 Å². The smallest absolute Gasteiger partial charge is 0.335 e. The maximum Gasteiger partial charge on any atom is 0.335 e. The summed E-state index contributed by atoms with van der Waals surface area (Å²) in [7, 11) is 1.59. The van der Waals surface area contributed by atoms with Gasteiger partial charge >= 0.3 is 12.0 Å². The van der Waals surface area contributed by atoms with Gasteiger partial charge in [-0.2, -0.15) is 9.97 Å². The molecule has 3 aromatic rings. The average molecular weight is 450 g/mol. The van der Waals surface area contributed by atoms with Crippen LogP contribution in [-0.4, -0.2) is 56.4 Å². The van der Waals surface area contributed by atoms with Crippen LogP contribution < -0.4 is 20.5 Å². The van der Waals surface area contributed by atoms with Crippen molar-refractivity contribution in [2.75, 3.05) is 31.1 Å². The Hall–Kier alpha value is -3.84. The highest BCUT2D eigenvalue weighted by Gasteiger charge is 2.24. The van der Waals surface area contributed by atoms with Crippen molar-refractivity contribution in [2.45, 2.75) is 27.3 Å². The third-order valence-electron chi connectivity index (χ3n) is 5.64. The van der Waals surface area contributed by atoms with Crippen LogP contribution >= 0.6 is 0 Å². The van der Waals surface area contributed by atoms with E-state index in [4.69, 9.17) is 4.74 Å². The number of aromatic carboxylic acids is 1. The lowest BCUT2D eigenvalue weighted by Gasteiger charge is -2.28. The number of carboxylic acids is 1. The molecule has 10 heteroatoms. The normalized spacial score (nSPS) is 13.6. The minimum Gasteiger partial charge on any atom is -0.478 e. The predicted molar refractivity (Wildman–Crippen MR) is 124 cm³/mol. The Labute approximate surface area is 190 Å². The maximum absolute atomic E-state index is 13.4. The largest absolute Gasteiger partial charge is 0.478 e. The molecule has 0 aliphatic carbocycles. The third kappa shape index (κ3) is 4.15. The molecule has 0 radical (unpaired) electrons. The van der Waals surface area contributed by atoms with Crippen molar-refractivity contribution in [1.82, 2.24) is 24.4 Å². The number of benzene rings is 1. The summed E-state index contributed by atoms with van der Waals surface area (Å²) in [4.78, 5) is 36.1. The maximum atomic E-state index is 13.4. The van der Waals surface area contributed by atoms with Crippen LogP contribution in [0.25, 0.3) is 11.2 Å². The van der Waals surface area contributed by atoms with Gasteiger partial charge in [-0.3, -0.25) is 13.9 Å². The van der Waals surface area contributed by atoms with Crippen LogP contribution in [0.3, 0.4) is 0 Å². The molecule has 1 aromatic carbocycles. The Morgan fingerprint density at radius 2 is 1.88 bits per heavy atom. The number of fused-ring (bicyclic) bond motifs is 1. The first-order chi connectivity index (χ1) is 15.8. The molecule has 1 aliphatic heterocycles. The monoisotopic (exact) mass is 450 g/mol. The van der Waals surface area contributed by atoms with Crippen LogP contribution in [0.1, 0.15) is 28.4 Å². The molecule has 172 valence electrons. The van der Waals surface area contributed by atoms with Gasteiger partial charge in [-0.15, -0.1) is 5.92 Å². The fourth-order valence-electron chi connectivity index (χ4n) is 3.96. The zero-order valence-corrected chi connectivity index (χ0v) is 19.1. The van der Waals surface area contributed by atoms with Gasteiger partial charge in [0.25, 0.3) is 5.56 Å². The quantitative estimate of drug-likeness (QED) is 0.564. The summed E-state index contributed by atoms with van der Waals surface area (Å²) in [6.07, 6.45) is 0. The number of nitrogens with one attached hydrogen (secondary N) is 1. The number of aromatic nitrogens is 4. The Kier molecular flexibility index (Phi) is 6.07. The Morgan fingerprint density at radius 1 is 1.21 bits per heavy atom. The summed E-state index contributed by atoms with van der Waals surface area (Å²) in [5.41, 5.74) is 1.80. The lowest BCUT2D eigenvalue weighted by atomic mass is 10.1. The van der Waals surface area contributed by atoms with Gasteiger partial charge in [0.05, 0.1) is 12.1 Å². The molecule has 1 aliphatic rings. The van der Waals surface area contributed by atoms with Crippen LogP contribution in [0.5, 0.6) is 11.8 Å². The van der Waals surface area contributed by atoms with Gasteiger partial charge in [0.1, 0.15) is 5.75 Å². The number of rotatable bonds is 5. The zero-order valence-electron chi connectivity index (χ0n) is 19.1. The van der Waals surface area contributed by atoms with Gasteiger partial charge in [0, 0.05) is 33.2 Å². The number of hydrogen-bond acceptors (Lipinski definition) is 7. The molecule has 0 saturated carbocycles. The second kappa shape index (κ2) is 8.96. The highest BCUT2D eigenvalue weighted by atomic mass is 16.5. The highest BCUT2D eigenvalue weighted by Crippen LogP contribution is 2.30. The second-order valence-electron chi connectivity index (χ2n) is 7.94. The fourth-order valence-corrected chi connectivity index (χ4v) is 3.96. The lowest BCUT2D eigenvalue weighted by Crippen LogP contribution is -2.44. The molecule has 3 heterocycles. The van der Waals surface area contributed by atoms with E-state index in [1.807, 2.05) is 4.57 Å². The van der Waals surface area contributed by atoms with E-state index >= 15 is 0 Å². The first-order valence-corrected chi connectivity index (χ1v) is 10.7. The van der Waals surface area contributed by atoms with E-state index in [2.05, 4.69) is 32.0 Å². The van der Waals surface area contributed by atoms with E-state index in [0.29, 0.717) is 34.9 Å². The van der Waals surface area contributed by atoms with E-state index in [9.17, 15) is 14.7 Å².